The molecule has 2 aromatic rings. The zero-order valence-electron chi connectivity index (χ0n) is 13.9. The van der Waals surface area contributed by atoms with E-state index in [4.69, 9.17) is 20.8 Å². The van der Waals surface area contributed by atoms with E-state index in [1.165, 1.54) is 12.1 Å². The van der Waals surface area contributed by atoms with Crippen LogP contribution < -0.4 is 10.6 Å². The highest BCUT2D eigenvalue weighted by molar-refractivity contribution is 6.34. The Labute approximate surface area is 152 Å². The molecule has 26 heavy (non-hydrogen) atoms. The molecular formula is C16H15ClFN3O5. The first-order valence-electron chi connectivity index (χ1n) is 7.60. The number of hydrogen-bond donors (Lipinski definition) is 2. The Kier molecular flexibility index (Phi) is 6.29. The van der Waals surface area contributed by atoms with Gasteiger partial charge in [-0.05, 0) is 19.1 Å². The van der Waals surface area contributed by atoms with E-state index in [0.717, 1.165) is 6.07 Å². The average molecular weight is 384 g/mol. The maximum Gasteiger partial charge on any atom is 0.362 e. The van der Waals surface area contributed by atoms with Gasteiger partial charge in [-0.15, -0.1) is 0 Å². The number of rotatable bonds is 5. The topological polar surface area (TPSA) is 111 Å². The van der Waals surface area contributed by atoms with Crippen molar-refractivity contribution in [3.05, 3.63) is 46.2 Å². The first-order valence-corrected chi connectivity index (χ1v) is 7.98. The van der Waals surface area contributed by atoms with Gasteiger partial charge in [0.25, 0.3) is 5.91 Å². The molecule has 2 N–H and O–H groups in total. The second-order valence-corrected chi connectivity index (χ2v) is 5.27. The lowest BCUT2D eigenvalue weighted by molar-refractivity contribution is 0.0521. The highest BCUT2D eigenvalue weighted by Gasteiger charge is 2.24. The summed E-state index contributed by atoms with van der Waals surface area (Å²) in [7, 11) is 0. The van der Waals surface area contributed by atoms with E-state index in [0.29, 0.717) is 6.42 Å². The molecule has 1 heterocycles. The quantitative estimate of drug-likeness (QED) is 0.767. The summed E-state index contributed by atoms with van der Waals surface area (Å²) in [6.07, 6.45) is 0.361. The Morgan fingerprint density at radius 1 is 1.31 bits per heavy atom. The fraction of sp³-hybridized carbons (Fsp3) is 0.250. The number of carbonyl (C=O) groups excluding carboxylic acids is 3. The molecule has 0 spiro atoms. The SMILES string of the molecule is CCOC(=O)c1nc(CC)oc1NC(=O)NC(=O)c1c(F)cccc1Cl. The Morgan fingerprint density at radius 2 is 2.04 bits per heavy atom. The molecule has 0 aliphatic heterocycles. The number of ether oxygens (including phenoxy) is 1. The summed E-state index contributed by atoms with van der Waals surface area (Å²) in [4.78, 5) is 39.8. The van der Waals surface area contributed by atoms with E-state index >= 15 is 0 Å². The molecule has 0 fully saturated rings. The highest BCUT2D eigenvalue weighted by atomic mass is 35.5. The van der Waals surface area contributed by atoms with Crippen LogP contribution in [0.4, 0.5) is 15.1 Å². The second kappa shape index (κ2) is 8.43. The third-order valence-electron chi connectivity index (χ3n) is 3.09. The van der Waals surface area contributed by atoms with Gasteiger partial charge in [0.2, 0.25) is 11.6 Å². The van der Waals surface area contributed by atoms with Crippen LogP contribution in [0.1, 0.15) is 40.6 Å². The molecule has 0 unspecified atom stereocenters. The predicted molar refractivity (Wildman–Crippen MR) is 89.7 cm³/mol. The van der Waals surface area contributed by atoms with E-state index in [9.17, 15) is 18.8 Å². The number of nitrogens with zero attached hydrogens (tertiary/aromatic N) is 1. The lowest BCUT2D eigenvalue weighted by Crippen LogP contribution is -2.35. The minimum Gasteiger partial charge on any atom is -0.461 e. The van der Waals surface area contributed by atoms with Crippen LogP contribution >= 0.6 is 11.6 Å². The number of hydrogen-bond acceptors (Lipinski definition) is 6. The molecule has 138 valence electrons. The molecule has 0 aliphatic rings. The van der Waals surface area contributed by atoms with Crippen molar-refractivity contribution in [3.8, 4) is 0 Å². The molecule has 0 aliphatic carbocycles. The summed E-state index contributed by atoms with van der Waals surface area (Å²) in [6.45, 7) is 3.44. The van der Waals surface area contributed by atoms with E-state index in [-0.39, 0.29) is 29.1 Å². The molecule has 1 aromatic carbocycles. The standard InChI is InChI=1S/C16H15ClFN3O5/c1-3-10-19-12(15(23)25-4-2)14(26-10)21-16(24)20-13(22)11-8(17)6-5-7-9(11)18/h5-7H,3-4H2,1-2H3,(H2,20,21,22,24). The fourth-order valence-electron chi connectivity index (χ4n) is 1.95. The Hall–Kier alpha value is -2.94. The number of nitrogens with one attached hydrogen (secondary N) is 2. The monoisotopic (exact) mass is 383 g/mol. The largest absolute Gasteiger partial charge is 0.461 e. The molecule has 0 atom stereocenters. The molecule has 0 saturated carbocycles. The number of aromatic nitrogens is 1. The van der Waals surface area contributed by atoms with Gasteiger partial charge in [0.1, 0.15) is 5.82 Å². The minimum absolute atomic E-state index is 0.100. The second-order valence-electron chi connectivity index (χ2n) is 4.86. The number of aryl methyl sites for hydroxylation is 1. The van der Waals surface area contributed by atoms with Gasteiger partial charge in [-0.25, -0.2) is 19.0 Å². The Morgan fingerprint density at radius 3 is 2.65 bits per heavy atom. The van der Waals surface area contributed by atoms with Crippen LogP contribution in [0.3, 0.4) is 0 Å². The van der Waals surface area contributed by atoms with Gasteiger partial charge in [0.05, 0.1) is 17.2 Å². The molecule has 0 bridgehead atoms. The molecule has 3 amide bonds. The minimum atomic E-state index is -1.06. The van der Waals surface area contributed by atoms with Crippen molar-refractivity contribution >= 4 is 35.4 Å². The maximum atomic E-state index is 13.7. The Balaban J connectivity index is 2.16. The predicted octanol–water partition coefficient (Wildman–Crippen LogP) is 3.17. The van der Waals surface area contributed by atoms with Crippen molar-refractivity contribution in [2.24, 2.45) is 0 Å². The number of anilines is 1. The van der Waals surface area contributed by atoms with Crippen LogP contribution in [-0.4, -0.2) is 29.5 Å². The van der Waals surface area contributed by atoms with E-state index < -0.39 is 29.3 Å². The van der Waals surface area contributed by atoms with Crippen molar-refractivity contribution in [1.29, 1.82) is 0 Å². The van der Waals surface area contributed by atoms with Gasteiger partial charge in [-0.1, -0.05) is 24.6 Å². The van der Waals surface area contributed by atoms with Crippen molar-refractivity contribution in [2.45, 2.75) is 20.3 Å². The number of esters is 1. The van der Waals surface area contributed by atoms with E-state index in [1.54, 1.807) is 13.8 Å². The number of imide groups is 1. The third kappa shape index (κ3) is 4.37. The van der Waals surface area contributed by atoms with Gasteiger partial charge in [0, 0.05) is 6.42 Å². The molecule has 10 heteroatoms. The Bertz CT molecular complexity index is 832. The van der Waals surface area contributed by atoms with Crippen molar-refractivity contribution in [3.63, 3.8) is 0 Å². The van der Waals surface area contributed by atoms with Crippen molar-refractivity contribution < 1.29 is 27.9 Å². The number of amides is 3. The van der Waals surface area contributed by atoms with Crippen molar-refractivity contribution in [1.82, 2.24) is 10.3 Å². The number of halogens is 2. The number of carbonyl (C=O) groups is 3. The fourth-order valence-corrected chi connectivity index (χ4v) is 2.20. The van der Waals surface area contributed by atoms with Crippen molar-refractivity contribution in [2.75, 3.05) is 11.9 Å². The first-order chi connectivity index (χ1) is 12.4. The number of urea groups is 1. The van der Waals surface area contributed by atoms with Crippen LogP contribution in [0, 0.1) is 5.82 Å². The summed E-state index contributed by atoms with van der Waals surface area (Å²) >= 11 is 5.77. The van der Waals surface area contributed by atoms with Crippen LogP contribution in [0.25, 0.3) is 0 Å². The van der Waals surface area contributed by atoms with Gasteiger partial charge in [0.15, 0.2) is 5.89 Å². The van der Waals surface area contributed by atoms with Gasteiger partial charge in [-0.2, -0.15) is 0 Å². The molecule has 1 aromatic heterocycles. The van der Waals surface area contributed by atoms with Crippen LogP contribution in [0.15, 0.2) is 22.6 Å². The third-order valence-corrected chi connectivity index (χ3v) is 3.40. The zero-order chi connectivity index (χ0) is 19.3. The lowest BCUT2D eigenvalue weighted by Gasteiger charge is -2.07. The first kappa shape index (κ1) is 19.4. The van der Waals surface area contributed by atoms with Crippen LogP contribution in [-0.2, 0) is 11.2 Å². The van der Waals surface area contributed by atoms with Gasteiger partial charge in [-0.3, -0.25) is 15.4 Å². The lowest BCUT2D eigenvalue weighted by atomic mass is 10.2. The highest BCUT2D eigenvalue weighted by Crippen LogP contribution is 2.20. The summed E-state index contributed by atoms with van der Waals surface area (Å²) in [5.74, 6) is -2.84. The summed E-state index contributed by atoms with van der Waals surface area (Å²) in [5, 5.41) is 3.92. The molecule has 0 radical (unpaired) electrons. The van der Waals surface area contributed by atoms with E-state index in [1.807, 2.05) is 5.32 Å². The van der Waals surface area contributed by atoms with Gasteiger partial charge >= 0.3 is 12.0 Å². The van der Waals surface area contributed by atoms with E-state index in [2.05, 4.69) is 10.3 Å². The van der Waals surface area contributed by atoms with Crippen LogP contribution in [0.2, 0.25) is 5.02 Å². The summed E-state index contributed by atoms with van der Waals surface area (Å²) in [5.41, 5.74) is -0.725. The number of benzene rings is 1. The summed E-state index contributed by atoms with van der Waals surface area (Å²) < 4.78 is 23.8. The average Bonchev–Trinajstić information content (AvgIpc) is 2.97. The maximum absolute atomic E-state index is 13.7. The molecule has 2 rings (SSSR count). The zero-order valence-corrected chi connectivity index (χ0v) is 14.6. The molecule has 0 saturated heterocycles. The van der Waals surface area contributed by atoms with Gasteiger partial charge < -0.3 is 9.15 Å². The smallest absolute Gasteiger partial charge is 0.362 e. The molecular weight excluding hydrogens is 369 g/mol. The molecule has 8 nitrogen and oxygen atoms in total. The van der Waals surface area contributed by atoms with Crippen LogP contribution in [0.5, 0.6) is 0 Å². The summed E-state index contributed by atoms with van der Waals surface area (Å²) in [6, 6.07) is 2.60. The normalized spacial score (nSPS) is 10.3. The number of oxazole rings is 1.